The molecule has 0 fully saturated rings. The van der Waals surface area contributed by atoms with Crippen LogP contribution in [-0.2, 0) is 0 Å². The van der Waals surface area contributed by atoms with Crippen molar-refractivity contribution in [2.24, 2.45) is 0 Å². The maximum absolute atomic E-state index is 14.5. The summed E-state index contributed by atoms with van der Waals surface area (Å²) in [5, 5.41) is 14.2. The molecule has 0 aliphatic heterocycles. The number of aryl methyl sites for hydroxylation is 1. The Bertz CT molecular complexity index is 1240. The zero-order chi connectivity index (χ0) is 22.0. The van der Waals surface area contributed by atoms with Gasteiger partial charge in [-0.2, -0.15) is 4.68 Å². The summed E-state index contributed by atoms with van der Waals surface area (Å²) in [5.74, 6) is -1.36. The Balaban J connectivity index is 1.76. The largest absolute Gasteiger partial charge is 0.344 e. The fourth-order valence-corrected chi connectivity index (χ4v) is 3.10. The molecule has 0 radical (unpaired) electrons. The van der Waals surface area contributed by atoms with Crippen molar-refractivity contribution in [2.75, 3.05) is 0 Å². The fraction of sp³-hybridized carbons (Fsp3) is 0.143. The summed E-state index contributed by atoms with van der Waals surface area (Å²) in [6, 6.07) is 7.60. The number of nitrogens with one attached hydrogen (secondary N) is 1. The van der Waals surface area contributed by atoms with E-state index in [0.29, 0.717) is 22.8 Å². The van der Waals surface area contributed by atoms with E-state index in [2.05, 4.69) is 30.8 Å². The fourth-order valence-electron chi connectivity index (χ4n) is 3.10. The van der Waals surface area contributed by atoms with Crippen LogP contribution >= 0.6 is 0 Å². The normalized spacial score (nSPS) is 11.9. The molecule has 31 heavy (non-hydrogen) atoms. The number of hydrogen-bond acceptors (Lipinski definition) is 6. The SMILES string of the molecule is Cc1nnnn1-c1cc(C(=O)NC(C)c2cnccn2)cc(-c2ccc(F)cc2F)c1. The Kier molecular flexibility index (Phi) is 5.44. The average Bonchev–Trinajstić information content (AvgIpc) is 3.20. The predicted molar refractivity (Wildman–Crippen MR) is 107 cm³/mol. The summed E-state index contributed by atoms with van der Waals surface area (Å²) in [4.78, 5) is 21.2. The van der Waals surface area contributed by atoms with Crippen LogP contribution in [0.5, 0.6) is 0 Å². The van der Waals surface area contributed by atoms with E-state index < -0.39 is 23.6 Å². The predicted octanol–water partition coefficient (Wildman–Crippen LogP) is 3.20. The lowest BCUT2D eigenvalue weighted by atomic mass is 10.0. The smallest absolute Gasteiger partial charge is 0.251 e. The van der Waals surface area contributed by atoms with Crippen molar-refractivity contribution < 1.29 is 13.6 Å². The summed E-state index contributed by atoms with van der Waals surface area (Å²) in [7, 11) is 0. The van der Waals surface area contributed by atoms with Gasteiger partial charge in [-0.1, -0.05) is 0 Å². The first-order valence-corrected chi connectivity index (χ1v) is 9.35. The number of aromatic nitrogens is 6. The van der Waals surface area contributed by atoms with Gasteiger partial charge in [-0.15, -0.1) is 5.10 Å². The Labute approximate surface area is 176 Å². The molecule has 1 unspecified atom stereocenters. The second-order valence-corrected chi connectivity index (χ2v) is 6.86. The summed E-state index contributed by atoms with van der Waals surface area (Å²) >= 11 is 0. The first-order chi connectivity index (χ1) is 14.9. The molecule has 2 aromatic heterocycles. The molecule has 2 heterocycles. The van der Waals surface area contributed by atoms with Crippen LogP contribution < -0.4 is 5.32 Å². The lowest BCUT2D eigenvalue weighted by Crippen LogP contribution is -2.27. The van der Waals surface area contributed by atoms with Crippen LogP contribution in [0.4, 0.5) is 8.78 Å². The van der Waals surface area contributed by atoms with Gasteiger partial charge in [0.2, 0.25) is 0 Å². The molecule has 1 amide bonds. The Morgan fingerprint density at radius 1 is 1.13 bits per heavy atom. The van der Waals surface area contributed by atoms with E-state index in [1.165, 1.54) is 23.0 Å². The quantitative estimate of drug-likeness (QED) is 0.531. The zero-order valence-electron chi connectivity index (χ0n) is 16.6. The minimum absolute atomic E-state index is 0.144. The number of carbonyl (C=O) groups excluding carboxylic acids is 1. The van der Waals surface area contributed by atoms with E-state index in [-0.39, 0.29) is 11.1 Å². The van der Waals surface area contributed by atoms with E-state index in [9.17, 15) is 13.6 Å². The zero-order valence-corrected chi connectivity index (χ0v) is 16.6. The van der Waals surface area contributed by atoms with Crippen LogP contribution in [0.3, 0.4) is 0 Å². The molecule has 0 aliphatic rings. The van der Waals surface area contributed by atoms with E-state index in [0.717, 1.165) is 12.1 Å². The van der Waals surface area contributed by atoms with Gasteiger partial charge in [-0.05, 0) is 60.2 Å². The highest BCUT2D eigenvalue weighted by Gasteiger charge is 2.17. The van der Waals surface area contributed by atoms with Crippen LogP contribution in [0.2, 0.25) is 0 Å². The van der Waals surface area contributed by atoms with Crippen molar-refractivity contribution in [3.05, 3.63) is 83.7 Å². The van der Waals surface area contributed by atoms with Gasteiger partial charge in [0.05, 0.1) is 23.6 Å². The highest BCUT2D eigenvalue weighted by molar-refractivity contribution is 5.96. The van der Waals surface area contributed by atoms with Crippen LogP contribution in [-0.4, -0.2) is 36.1 Å². The second kappa shape index (κ2) is 8.34. The molecule has 0 aliphatic carbocycles. The van der Waals surface area contributed by atoms with Gasteiger partial charge >= 0.3 is 0 Å². The summed E-state index contributed by atoms with van der Waals surface area (Å²) < 4.78 is 29.3. The average molecular weight is 421 g/mol. The first kappa shape index (κ1) is 20.2. The third kappa shape index (κ3) is 4.27. The number of nitrogens with zero attached hydrogens (tertiary/aromatic N) is 6. The van der Waals surface area contributed by atoms with E-state index in [4.69, 9.17) is 0 Å². The summed E-state index contributed by atoms with van der Waals surface area (Å²) in [6.45, 7) is 3.47. The minimum Gasteiger partial charge on any atom is -0.344 e. The summed E-state index contributed by atoms with van der Waals surface area (Å²) in [6.07, 6.45) is 4.64. The van der Waals surface area contributed by atoms with Crippen molar-refractivity contribution >= 4 is 5.91 Å². The lowest BCUT2D eigenvalue weighted by Gasteiger charge is -2.15. The Morgan fingerprint density at radius 3 is 2.65 bits per heavy atom. The topological polar surface area (TPSA) is 98.5 Å². The number of amides is 1. The number of benzene rings is 2. The molecule has 0 bridgehead atoms. The molecule has 4 rings (SSSR count). The molecule has 1 atom stereocenters. The third-order valence-corrected chi connectivity index (χ3v) is 4.67. The number of halogens is 2. The lowest BCUT2D eigenvalue weighted by molar-refractivity contribution is 0.0939. The molecular formula is C21H17F2N7O. The van der Waals surface area contributed by atoms with E-state index >= 15 is 0 Å². The van der Waals surface area contributed by atoms with Gasteiger partial charge in [0.15, 0.2) is 5.82 Å². The minimum atomic E-state index is -0.745. The molecular weight excluding hydrogens is 404 g/mol. The second-order valence-electron chi connectivity index (χ2n) is 6.86. The molecule has 10 heteroatoms. The van der Waals surface area contributed by atoms with Crippen molar-refractivity contribution in [2.45, 2.75) is 19.9 Å². The molecule has 2 aromatic carbocycles. The van der Waals surface area contributed by atoms with Crippen LogP contribution in [0.15, 0.2) is 55.0 Å². The Morgan fingerprint density at radius 2 is 1.97 bits per heavy atom. The van der Waals surface area contributed by atoms with Gasteiger partial charge in [-0.3, -0.25) is 14.8 Å². The van der Waals surface area contributed by atoms with Crippen molar-refractivity contribution in [3.8, 4) is 16.8 Å². The molecule has 1 N–H and O–H groups in total. The monoisotopic (exact) mass is 421 g/mol. The molecule has 0 spiro atoms. The molecule has 156 valence electrons. The Hall–Kier alpha value is -4.08. The van der Waals surface area contributed by atoms with Crippen LogP contribution in [0, 0.1) is 18.6 Å². The van der Waals surface area contributed by atoms with Crippen molar-refractivity contribution in [1.82, 2.24) is 35.5 Å². The number of tetrazole rings is 1. The standard InChI is InChI=1S/C21H17F2N7O/c1-12(20-11-24-5-6-25-20)26-21(31)15-7-14(18-4-3-16(22)10-19(18)23)8-17(9-15)30-13(2)27-28-29-30/h3-12H,1-2H3,(H,26,31). The number of hydrogen-bond donors (Lipinski definition) is 1. The molecule has 0 saturated carbocycles. The van der Waals surface area contributed by atoms with Crippen molar-refractivity contribution in [3.63, 3.8) is 0 Å². The molecule has 0 saturated heterocycles. The number of carbonyl (C=O) groups is 1. The van der Waals surface area contributed by atoms with E-state index in [1.54, 1.807) is 38.4 Å². The van der Waals surface area contributed by atoms with Crippen LogP contribution in [0.25, 0.3) is 16.8 Å². The molecule has 4 aromatic rings. The highest BCUT2D eigenvalue weighted by Crippen LogP contribution is 2.27. The maximum atomic E-state index is 14.5. The van der Waals surface area contributed by atoms with Crippen molar-refractivity contribution in [1.29, 1.82) is 0 Å². The first-order valence-electron chi connectivity index (χ1n) is 9.35. The van der Waals surface area contributed by atoms with Gasteiger partial charge in [-0.25, -0.2) is 8.78 Å². The van der Waals surface area contributed by atoms with E-state index in [1.807, 2.05) is 0 Å². The molecule has 8 nitrogen and oxygen atoms in total. The van der Waals surface area contributed by atoms with Gasteiger partial charge in [0.1, 0.15) is 11.6 Å². The van der Waals surface area contributed by atoms with Gasteiger partial charge < -0.3 is 5.32 Å². The van der Waals surface area contributed by atoms with Gasteiger partial charge in [0.25, 0.3) is 5.91 Å². The highest BCUT2D eigenvalue weighted by atomic mass is 19.1. The maximum Gasteiger partial charge on any atom is 0.251 e. The number of rotatable bonds is 5. The summed E-state index contributed by atoms with van der Waals surface area (Å²) in [5.41, 5.74) is 1.82. The van der Waals surface area contributed by atoms with Crippen LogP contribution in [0.1, 0.15) is 34.8 Å². The van der Waals surface area contributed by atoms with Gasteiger partial charge in [0, 0.05) is 29.6 Å². The third-order valence-electron chi connectivity index (χ3n) is 4.67.